The number of hydrogen-bond acceptors (Lipinski definition) is 6. The number of rotatable bonds is 5. The first-order valence-corrected chi connectivity index (χ1v) is 7.93. The maximum absolute atomic E-state index is 12.4. The highest BCUT2D eigenvalue weighted by molar-refractivity contribution is 7.12. The van der Waals surface area contributed by atoms with Gasteiger partial charge in [0.2, 0.25) is 5.91 Å². The van der Waals surface area contributed by atoms with Crippen LogP contribution in [0.15, 0.2) is 46.6 Å². The van der Waals surface area contributed by atoms with Crippen molar-refractivity contribution in [2.24, 2.45) is 0 Å². The molecule has 2 heterocycles. The molecule has 0 unspecified atom stereocenters. The van der Waals surface area contributed by atoms with Gasteiger partial charge in [0.25, 0.3) is 0 Å². The molecule has 1 amide bonds. The van der Waals surface area contributed by atoms with Gasteiger partial charge in [0.05, 0.1) is 5.69 Å². The molecule has 3 rings (SSSR count). The zero-order valence-electron chi connectivity index (χ0n) is 12.8. The van der Waals surface area contributed by atoms with E-state index in [1.807, 2.05) is 0 Å². The van der Waals surface area contributed by atoms with Crippen LogP contribution < -0.4 is 15.7 Å². The van der Waals surface area contributed by atoms with E-state index >= 15 is 0 Å². The number of benzene rings is 1. The van der Waals surface area contributed by atoms with Gasteiger partial charge in [-0.2, -0.15) is 9.36 Å². The molecule has 136 valence electrons. The van der Waals surface area contributed by atoms with Crippen LogP contribution in [0.1, 0.15) is 0 Å². The monoisotopic (exact) mass is 385 g/mol. The summed E-state index contributed by atoms with van der Waals surface area (Å²) in [4.78, 5) is 24.2. The molecule has 3 aromatic rings. The molecular formula is C14H10F3N5O3S. The van der Waals surface area contributed by atoms with Crippen LogP contribution in [0.25, 0.3) is 5.00 Å². The van der Waals surface area contributed by atoms with Gasteiger partial charge in [-0.1, -0.05) is 12.1 Å². The van der Waals surface area contributed by atoms with E-state index in [1.54, 1.807) is 17.5 Å². The first-order valence-electron chi connectivity index (χ1n) is 7.05. The Balaban J connectivity index is 1.74. The predicted octanol–water partition coefficient (Wildman–Crippen LogP) is 2.03. The number of carbonyl (C=O) groups is 1. The smallest absolute Gasteiger partial charge is 0.404 e. The van der Waals surface area contributed by atoms with Crippen LogP contribution >= 0.6 is 11.3 Å². The van der Waals surface area contributed by atoms with E-state index in [2.05, 4.69) is 20.5 Å². The number of nitrogens with zero attached hydrogens (tertiary/aromatic N) is 4. The van der Waals surface area contributed by atoms with Crippen molar-refractivity contribution < 1.29 is 22.7 Å². The molecule has 1 aromatic carbocycles. The molecule has 0 aliphatic rings. The van der Waals surface area contributed by atoms with E-state index in [0.717, 1.165) is 15.4 Å². The molecule has 26 heavy (non-hydrogen) atoms. The largest absolute Gasteiger partial charge is 0.573 e. The second-order valence-corrected chi connectivity index (χ2v) is 5.80. The van der Waals surface area contributed by atoms with E-state index in [1.165, 1.54) is 29.5 Å². The minimum atomic E-state index is -4.90. The van der Waals surface area contributed by atoms with E-state index in [0.29, 0.717) is 5.00 Å². The number of thiophene rings is 1. The molecule has 0 saturated heterocycles. The Labute approximate surface area is 147 Å². The number of carbonyl (C=O) groups excluding carboxylic acids is 1. The summed E-state index contributed by atoms with van der Waals surface area (Å²) in [6.07, 6.45) is -4.90. The van der Waals surface area contributed by atoms with Crippen LogP contribution in [-0.4, -0.2) is 32.1 Å². The van der Waals surface area contributed by atoms with E-state index < -0.39 is 30.3 Å². The Morgan fingerprint density at radius 3 is 2.65 bits per heavy atom. The highest BCUT2D eigenvalue weighted by Crippen LogP contribution is 2.29. The van der Waals surface area contributed by atoms with Crippen molar-refractivity contribution in [1.29, 1.82) is 0 Å². The van der Waals surface area contributed by atoms with E-state index in [4.69, 9.17) is 0 Å². The fourth-order valence-corrected chi connectivity index (χ4v) is 2.68. The molecule has 1 N–H and O–H groups in total. The van der Waals surface area contributed by atoms with Crippen LogP contribution in [0.2, 0.25) is 0 Å². The lowest BCUT2D eigenvalue weighted by atomic mass is 10.3. The summed E-state index contributed by atoms with van der Waals surface area (Å²) in [7, 11) is 0. The summed E-state index contributed by atoms with van der Waals surface area (Å²) in [6, 6.07) is 8.42. The van der Waals surface area contributed by atoms with Crippen molar-refractivity contribution in [2.75, 3.05) is 5.32 Å². The maximum atomic E-state index is 12.4. The number of para-hydroxylation sites is 2. The number of halogens is 3. The summed E-state index contributed by atoms with van der Waals surface area (Å²) in [5.74, 6) is -1.33. The van der Waals surface area contributed by atoms with Gasteiger partial charge in [-0.25, -0.2) is 4.79 Å². The predicted molar refractivity (Wildman–Crippen MR) is 85.3 cm³/mol. The standard InChI is InChI=1S/C14H10F3N5O3S/c15-14(16,17)25-10-5-2-1-4-9(10)18-11(23)8-21-13(24)22(20-19-21)12-6-3-7-26-12/h1-7H,8H2,(H,18,23). The van der Waals surface area contributed by atoms with E-state index in [-0.39, 0.29) is 5.69 Å². The third kappa shape index (κ3) is 4.08. The quantitative estimate of drug-likeness (QED) is 0.726. The molecule has 0 aliphatic carbocycles. The number of amides is 1. The van der Waals surface area contributed by atoms with Gasteiger partial charge in [0, 0.05) is 0 Å². The normalized spacial score (nSPS) is 11.3. The first kappa shape index (κ1) is 17.7. The minimum Gasteiger partial charge on any atom is -0.404 e. The lowest BCUT2D eigenvalue weighted by Crippen LogP contribution is -2.29. The fraction of sp³-hybridized carbons (Fsp3) is 0.143. The third-order valence-electron chi connectivity index (χ3n) is 3.03. The fourth-order valence-electron chi connectivity index (χ4n) is 2.01. The number of hydrogen-bond donors (Lipinski definition) is 1. The number of anilines is 1. The van der Waals surface area contributed by atoms with Crippen LogP contribution in [-0.2, 0) is 11.3 Å². The summed E-state index contributed by atoms with van der Waals surface area (Å²) in [5, 5.41) is 11.8. The highest BCUT2D eigenvalue weighted by atomic mass is 32.1. The molecule has 0 bridgehead atoms. The topological polar surface area (TPSA) is 91.0 Å². The van der Waals surface area contributed by atoms with Gasteiger partial charge < -0.3 is 10.1 Å². The van der Waals surface area contributed by atoms with Gasteiger partial charge in [0.15, 0.2) is 5.75 Å². The molecule has 8 nitrogen and oxygen atoms in total. The van der Waals surface area contributed by atoms with Crippen molar-refractivity contribution in [2.45, 2.75) is 12.9 Å². The van der Waals surface area contributed by atoms with E-state index in [9.17, 15) is 22.8 Å². The van der Waals surface area contributed by atoms with Crippen molar-refractivity contribution in [3.05, 3.63) is 52.3 Å². The van der Waals surface area contributed by atoms with Crippen molar-refractivity contribution in [1.82, 2.24) is 19.8 Å². The minimum absolute atomic E-state index is 0.187. The van der Waals surface area contributed by atoms with Crippen molar-refractivity contribution >= 4 is 22.9 Å². The Hall–Kier alpha value is -3.15. The van der Waals surface area contributed by atoms with Crippen LogP contribution in [0.4, 0.5) is 18.9 Å². The van der Waals surface area contributed by atoms with Gasteiger partial charge in [-0.05, 0) is 40.1 Å². The molecule has 0 saturated carbocycles. The average Bonchev–Trinajstić information content (AvgIpc) is 3.19. The molecule has 0 spiro atoms. The van der Waals surface area contributed by atoms with Gasteiger partial charge in [-0.3, -0.25) is 4.79 Å². The molecule has 0 radical (unpaired) electrons. The highest BCUT2D eigenvalue weighted by Gasteiger charge is 2.32. The summed E-state index contributed by atoms with van der Waals surface area (Å²) >= 11 is 1.26. The molecule has 0 atom stereocenters. The zero-order chi connectivity index (χ0) is 18.7. The summed E-state index contributed by atoms with van der Waals surface area (Å²) in [5.41, 5.74) is -0.837. The van der Waals surface area contributed by atoms with Gasteiger partial charge in [-0.15, -0.1) is 24.5 Å². The number of alkyl halides is 3. The van der Waals surface area contributed by atoms with Crippen LogP contribution in [0.3, 0.4) is 0 Å². The summed E-state index contributed by atoms with van der Waals surface area (Å²) in [6.45, 7) is -0.523. The van der Waals surface area contributed by atoms with Crippen LogP contribution in [0, 0.1) is 0 Å². The Kier molecular flexibility index (Phi) is 4.75. The molecular weight excluding hydrogens is 375 g/mol. The molecule has 2 aromatic heterocycles. The second-order valence-electron chi connectivity index (χ2n) is 4.87. The average molecular weight is 385 g/mol. The molecule has 0 aliphatic heterocycles. The maximum Gasteiger partial charge on any atom is 0.573 e. The molecule has 0 fully saturated rings. The van der Waals surface area contributed by atoms with Gasteiger partial charge >= 0.3 is 12.1 Å². The second kappa shape index (κ2) is 7.00. The third-order valence-corrected chi connectivity index (χ3v) is 3.88. The van der Waals surface area contributed by atoms with Crippen molar-refractivity contribution in [3.8, 4) is 10.8 Å². The SMILES string of the molecule is O=C(Cn1nnn(-c2cccs2)c1=O)Nc1ccccc1OC(F)(F)F. The Morgan fingerprint density at radius 1 is 1.19 bits per heavy atom. The lowest BCUT2D eigenvalue weighted by Gasteiger charge is -2.13. The Bertz CT molecular complexity index is 965. The number of ether oxygens (including phenoxy) is 1. The number of aromatic nitrogens is 4. The lowest BCUT2D eigenvalue weighted by molar-refractivity contribution is -0.274. The van der Waals surface area contributed by atoms with Gasteiger partial charge in [0.1, 0.15) is 11.5 Å². The number of nitrogens with one attached hydrogen (secondary N) is 1. The Morgan fingerprint density at radius 2 is 1.96 bits per heavy atom. The van der Waals surface area contributed by atoms with Crippen molar-refractivity contribution in [3.63, 3.8) is 0 Å². The number of tetrazole rings is 1. The molecule has 12 heteroatoms. The van der Waals surface area contributed by atoms with Crippen LogP contribution in [0.5, 0.6) is 5.75 Å². The zero-order valence-corrected chi connectivity index (χ0v) is 13.6. The summed E-state index contributed by atoms with van der Waals surface area (Å²) < 4.78 is 42.8. The first-order chi connectivity index (χ1) is 12.3.